The zero-order valence-corrected chi connectivity index (χ0v) is 15.3. The van der Waals surface area contributed by atoms with Gasteiger partial charge in [-0.05, 0) is 38.2 Å². The van der Waals surface area contributed by atoms with Crippen LogP contribution in [0.3, 0.4) is 0 Å². The van der Waals surface area contributed by atoms with Gasteiger partial charge in [-0.1, -0.05) is 0 Å². The fourth-order valence-electron chi connectivity index (χ4n) is 4.53. The van der Waals surface area contributed by atoms with Gasteiger partial charge in [0, 0.05) is 36.5 Å². The van der Waals surface area contributed by atoms with Gasteiger partial charge in [-0.2, -0.15) is 5.26 Å². The van der Waals surface area contributed by atoms with Gasteiger partial charge in [0.15, 0.2) is 0 Å². The Morgan fingerprint density at radius 3 is 2.96 bits per heavy atom. The summed E-state index contributed by atoms with van der Waals surface area (Å²) in [6.07, 6.45) is 8.88. The van der Waals surface area contributed by atoms with E-state index < -0.39 is 0 Å². The summed E-state index contributed by atoms with van der Waals surface area (Å²) in [6, 6.07) is 4.23. The molecule has 7 heteroatoms. The van der Waals surface area contributed by atoms with E-state index in [9.17, 15) is 4.79 Å². The Balaban J connectivity index is 1.28. The first kappa shape index (κ1) is 16.5. The molecule has 5 rings (SSSR count). The summed E-state index contributed by atoms with van der Waals surface area (Å²) in [7, 11) is 0. The number of hydrogen-bond donors (Lipinski definition) is 1. The van der Waals surface area contributed by atoms with Crippen LogP contribution in [0.4, 0.5) is 5.82 Å². The van der Waals surface area contributed by atoms with Gasteiger partial charge < -0.3 is 14.6 Å². The van der Waals surface area contributed by atoms with Gasteiger partial charge in [0.1, 0.15) is 17.8 Å². The minimum absolute atomic E-state index is 0.0227. The highest BCUT2D eigenvalue weighted by atomic mass is 16.5. The number of carbonyl (C=O) groups is 1. The van der Waals surface area contributed by atoms with Crippen molar-refractivity contribution in [2.75, 3.05) is 24.6 Å². The lowest BCUT2D eigenvalue weighted by molar-refractivity contribution is -0.153. The second kappa shape index (κ2) is 5.95. The predicted molar refractivity (Wildman–Crippen MR) is 98.7 cm³/mol. The van der Waals surface area contributed by atoms with Gasteiger partial charge >= 0.3 is 5.97 Å². The van der Waals surface area contributed by atoms with Crippen molar-refractivity contribution in [3.05, 3.63) is 18.6 Å². The zero-order chi connectivity index (χ0) is 18.5. The number of hydrogen-bond acceptors (Lipinski definition) is 6. The van der Waals surface area contributed by atoms with Gasteiger partial charge in [0.05, 0.1) is 24.0 Å². The van der Waals surface area contributed by atoms with Crippen LogP contribution in [-0.2, 0) is 9.53 Å². The molecule has 1 aliphatic heterocycles. The molecule has 0 amide bonds. The maximum Gasteiger partial charge on any atom is 0.309 e. The quantitative estimate of drug-likeness (QED) is 0.819. The van der Waals surface area contributed by atoms with Crippen molar-refractivity contribution in [3.63, 3.8) is 0 Å². The standard InChI is InChI=1S/C20H23N5O2/c21-8-7-19(3-4-19)12-27-18(26)15-2-10-25(11-20(15)5-6-20)17-14-1-9-22-16(14)23-13-24-17/h1,9,13,15H,2-7,10-12H2,(H,22,23,24)/t15-/m1/s1. The van der Waals surface area contributed by atoms with Crippen molar-refractivity contribution in [3.8, 4) is 6.07 Å². The van der Waals surface area contributed by atoms with E-state index in [0.717, 1.165) is 62.0 Å². The molecule has 0 aromatic carbocycles. The highest BCUT2D eigenvalue weighted by Gasteiger charge is 2.56. The SMILES string of the molecule is N#CCC1(COC(=O)[C@H]2CCN(c3ncnc4[nH]ccc34)CC23CC3)CC1. The van der Waals surface area contributed by atoms with Crippen molar-refractivity contribution < 1.29 is 9.53 Å². The molecule has 1 atom stereocenters. The van der Waals surface area contributed by atoms with Crippen LogP contribution >= 0.6 is 0 Å². The molecule has 1 N–H and O–H groups in total. The van der Waals surface area contributed by atoms with Gasteiger partial charge in [0.25, 0.3) is 0 Å². The Bertz CT molecular complexity index is 922. The van der Waals surface area contributed by atoms with E-state index in [1.807, 2.05) is 12.3 Å². The number of rotatable bonds is 5. The minimum atomic E-state index is -0.0640. The molecule has 0 unspecified atom stereocenters. The summed E-state index contributed by atoms with van der Waals surface area (Å²) in [5.41, 5.74) is 0.816. The molecule has 2 aromatic rings. The summed E-state index contributed by atoms with van der Waals surface area (Å²) >= 11 is 0. The number of fused-ring (bicyclic) bond motifs is 1. The van der Waals surface area contributed by atoms with Crippen molar-refractivity contribution in [2.24, 2.45) is 16.7 Å². The van der Waals surface area contributed by atoms with Gasteiger partial charge in [-0.15, -0.1) is 0 Å². The van der Waals surface area contributed by atoms with E-state index in [1.165, 1.54) is 0 Å². The Labute approximate surface area is 157 Å². The number of nitriles is 1. The lowest BCUT2D eigenvalue weighted by Crippen LogP contribution is -2.45. The van der Waals surface area contributed by atoms with Crippen LogP contribution in [0.2, 0.25) is 0 Å². The van der Waals surface area contributed by atoms with Gasteiger partial charge in [0.2, 0.25) is 0 Å². The number of aromatic amines is 1. The summed E-state index contributed by atoms with van der Waals surface area (Å²) in [5.74, 6) is 0.853. The molecule has 3 fully saturated rings. The number of anilines is 1. The van der Waals surface area contributed by atoms with E-state index in [0.29, 0.717) is 13.0 Å². The number of nitrogens with zero attached hydrogens (tertiary/aromatic N) is 4. The lowest BCUT2D eigenvalue weighted by atomic mass is 9.82. The Morgan fingerprint density at radius 1 is 1.37 bits per heavy atom. The second-order valence-corrected chi connectivity index (χ2v) is 8.51. The summed E-state index contributed by atoms with van der Waals surface area (Å²) in [5, 5.41) is 9.97. The molecular formula is C20H23N5O2. The average molecular weight is 365 g/mol. The molecule has 27 heavy (non-hydrogen) atoms. The van der Waals surface area contributed by atoms with Crippen molar-refractivity contribution in [1.29, 1.82) is 5.26 Å². The summed E-state index contributed by atoms with van der Waals surface area (Å²) < 4.78 is 5.70. The molecule has 3 aliphatic rings. The lowest BCUT2D eigenvalue weighted by Gasteiger charge is -2.38. The van der Waals surface area contributed by atoms with Crippen LogP contribution in [0.1, 0.15) is 38.5 Å². The smallest absolute Gasteiger partial charge is 0.309 e. The van der Waals surface area contributed by atoms with E-state index >= 15 is 0 Å². The zero-order valence-electron chi connectivity index (χ0n) is 15.3. The molecule has 3 heterocycles. The number of aromatic nitrogens is 3. The fraction of sp³-hybridized carbons (Fsp3) is 0.600. The maximum atomic E-state index is 12.8. The van der Waals surface area contributed by atoms with Gasteiger partial charge in [-0.25, -0.2) is 9.97 Å². The van der Waals surface area contributed by atoms with Crippen LogP contribution in [0.15, 0.2) is 18.6 Å². The first-order valence-electron chi connectivity index (χ1n) is 9.71. The number of H-pyrrole nitrogens is 1. The van der Waals surface area contributed by atoms with Crippen LogP contribution in [0.5, 0.6) is 0 Å². The molecule has 7 nitrogen and oxygen atoms in total. The highest BCUT2D eigenvalue weighted by molar-refractivity contribution is 5.87. The van der Waals surface area contributed by atoms with Crippen LogP contribution in [-0.4, -0.2) is 40.6 Å². The molecule has 1 spiro atoms. The number of piperidine rings is 1. The Hall–Kier alpha value is -2.62. The molecule has 2 aromatic heterocycles. The molecule has 2 saturated carbocycles. The van der Waals surface area contributed by atoms with Crippen LogP contribution in [0.25, 0.3) is 11.0 Å². The third kappa shape index (κ3) is 2.84. The highest BCUT2D eigenvalue weighted by Crippen LogP contribution is 2.57. The van der Waals surface area contributed by atoms with E-state index in [4.69, 9.17) is 10.00 Å². The Morgan fingerprint density at radius 2 is 2.22 bits per heavy atom. The van der Waals surface area contributed by atoms with E-state index in [1.54, 1.807) is 6.33 Å². The van der Waals surface area contributed by atoms with E-state index in [-0.39, 0.29) is 22.7 Å². The summed E-state index contributed by atoms with van der Waals surface area (Å²) in [6.45, 7) is 2.04. The first-order valence-corrected chi connectivity index (χ1v) is 9.71. The Kier molecular flexibility index (Phi) is 3.64. The third-order valence-corrected chi connectivity index (χ3v) is 6.67. The maximum absolute atomic E-state index is 12.8. The third-order valence-electron chi connectivity index (χ3n) is 6.67. The van der Waals surface area contributed by atoms with Gasteiger partial charge in [-0.3, -0.25) is 4.79 Å². The first-order chi connectivity index (χ1) is 13.1. The van der Waals surface area contributed by atoms with Crippen molar-refractivity contribution in [1.82, 2.24) is 15.0 Å². The molecule has 2 aliphatic carbocycles. The minimum Gasteiger partial charge on any atom is -0.465 e. The number of carbonyl (C=O) groups excluding carboxylic acids is 1. The number of ether oxygens (including phenoxy) is 1. The molecule has 0 radical (unpaired) electrons. The average Bonchev–Trinajstić information content (AvgIpc) is 3.57. The molecule has 1 saturated heterocycles. The predicted octanol–water partition coefficient (Wildman–Crippen LogP) is 2.80. The monoisotopic (exact) mass is 365 g/mol. The molecule has 0 bridgehead atoms. The number of esters is 1. The fourth-order valence-corrected chi connectivity index (χ4v) is 4.53. The largest absolute Gasteiger partial charge is 0.465 e. The number of nitrogens with one attached hydrogen (secondary N) is 1. The van der Waals surface area contributed by atoms with E-state index in [2.05, 4.69) is 25.9 Å². The second-order valence-electron chi connectivity index (χ2n) is 8.51. The van der Waals surface area contributed by atoms with Crippen LogP contribution in [0, 0.1) is 28.1 Å². The summed E-state index contributed by atoms with van der Waals surface area (Å²) in [4.78, 5) is 27.0. The molecular weight excluding hydrogens is 342 g/mol. The van der Waals surface area contributed by atoms with Crippen LogP contribution < -0.4 is 4.90 Å². The topological polar surface area (TPSA) is 94.9 Å². The normalized spacial score (nSPS) is 24.6. The van der Waals surface area contributed by atoms with Crippen molar-refractivity contribution >= 4 is 22.8 Å². The molecule has 140 valence electrons. The van der Waals surface area contributed by atoms with Crippen molar-refractivity contribution in [2.45, 2.75) is 38.5 Å².